The van der Waals surface area contributed by atoms with Crippen molar-refractivity contribution in [3.05, 3.63) is 0 Å². The van der Waals surface area contributed by atoms with Crippen LogP contribution in [0.2, 0.25) is 0 Å². The number of nitrogens with one attached hydrogen (secondary N) is 1. The Morgan fingerprint density at radius 1 is 0.875 bits per heavy atom. The number of hydrogen-bond donors (Lipinski definition) is 2. The molecule has 10 heteroatoms. The van der Waals surface area contributed by atoms with Gasteiger partial charge in [-0.3, -0.25) is 19.2 Å². The molecule has 0 bridgehead atoms. The monoisotopic (exact) mass is 677 g/mol. The number of ether oxygens (including phenoxy) is 4. The van der Waals surface area contributed by atoms with Crippen LogP contribution in [0.1, 0.15) is 127 Å². The quantitative estimate of drug-likeness (QED) is 0.158. The minimum Gasteiger partial charge on any atom is -0.468 e. The second kappa shape index (κ2) is 13.8. The average molecular weight is 678 g/mol. The van der Waals surface area contributed by atoms with E-state index in [0.29, 0.717) is 31.2 Å². The summed E-state index contributed by atoms with van der Waals surface area (Å²) in [6.45, 7) is 20.3. The first-order valence-electron chi connectivity index (χ1n) is 18.2. The van der Waals surface area contributed by atoms with Crippen molar-refractivity contribution in [3.63, 3.8) is 0 Å². The van der Waals surface area contributed by atoms with Crippen molar-refractivity contribution in [3.8, 4) is 0 Å². The summed E-state index contributed by atoms with van der Waals surface area (Å²) in [7, 11) is 1.30. The summed E-state index contributed by atoms with van der Waals surface area (Å²) in [6, 6.07) is -0.848. The van der Waals surface area contributed by atoms with Gasteiger partial charge in [-0.25, -0.2) is 0 Å². The second-order valence-electron chi connectivity index (χ2n) is 17.2. The molecule has 48 heavy (non-hydrogen) atoms. The highest BCUT2D eigenvalue weighted by Crippen LogP contribution is 2.76. The molecule has 10 nitrogen and oxygen atoms in total. The molecule has 0 amide bonds. The van der Waals surface area contributed by atoms with Gasteiger partial charge >= 0.3 is 23.9 Å². The van der Waals surface area contributed by atoms with E-state index in [1.165, 1.54) is 27.9 Å². The van der Waals surface area contributed by atoms with E-state index in [1.807, 2.05) is 6.92 Å². The molecule has 0 aromatic heterocycles. The largest absolute Gasteiger partial charge is 0.468 e. The molecular formula is C38H63NO9. The molecule has 0 spiro atoms. The first-order chi connectivity index (χ1) is 22.2. The summed E-state index contributed by atoms with van der Waals surface area (Å²) in [4.78, 5) is 49.7. The predicted octanol–water partition coefficient (Wildman–Crippen LogP) is 5.76. The van der Waals surface area contributed by atoms with Gasteiger partial charge in [0.15, 0.2) is 0 Å². The highest BCUT2D eigenvalue weighted by Gasteiger charge is 2.72. The third kappa shape index (κ3) is 6.66. The maximum absolute atomic E-state index is 12.8. The Bertz CT molecular complexity index is 1230. The molecule has 0 aromatic carbocycles. The van der Waals surface area contributed by atoms with Crippen molar-refractivity contribution >= 4 is 23.9 Å². The number of fused-ring (bicyclic) bond motifs is 5. The van der Waals surface area contributed by atoms with Gasteiger partial charge < -0.3 is 29.4 Å². The third-order valence-electron chi connectivity index (χ3n) is 14.2. The molecule has 0 saturated heterocycles. The molecule has 4 aliphatic carbocycles. The summed E-state index contributed by atoms with van der Waals surface area (Å²) in [6.07, 6.45) is 6.15. The van der Waals surface area contributed by atoms with Gasteiger partial charge in [-0.15, -0.1) is 0 Å². The average Bonchev–Trinajstić information content (AvgIpc) is 3.34. The fourth-order valence-corrected chi connectivity index (χ4v) is 12.0. The van der Waals surface area contributed by atoms with Crippen molar-refractivity contribution in [2.45, 2.75) is 157 Å². The van der Waals surface area contributed by atoms with E-state index in [-0.39, 0.29) is 63.6 Å². The van der Waals surface area contributed by atoms with Crippen LogP contribution in [-0.4, -0.2) is 72.6 Å². The molecule has 4 saturated carbocycles. The Morgan fingerprint density at radius 2 is 1.50 bits per heavy atom. The lowest BCUT2D eigenvalue weighted by Gasteiger charge is -2.70. The number of carbonyl (C=O) groups is 4. The van der Waals surface area contributed by atoms with Gasteiger partial charge in [0.1, 0.15) is 23.9 Å². The molecule has 274 valence electrons. The summed E-state index contributed by atoms with van der Waals surface area (Å²) >= 11 is 0. The van der Waals surface area contributed by atoms with E-state index < -0.39 is 23.7 Å². The van der Waals surface area contributed by atoms with E-state index in [2.05, 4.69) is 39.9 Å². The number of aliphatic hydroxyl groups is 1. The molecule has 0 heterocycles. The number of hydrogen-bond acceptors (Lipinski definition) is 10. The van der Waals surface area contributed by atoms with E-state index >= 15 is 0 Å². The zero-order valence-corrected chi connectivity index (χ0v) is 31.4. The Balaban J connectivity index is 1.67. The van der Waals surface area contributed by atoms with E-state index in [4.69, 9.17) is 18.9 Å². The number of esters is 4. The maximum atomic E-state index is 12.8. The lowest BCUT2D eigenvalue weighted by molar-refractivity contribution is -0.253. The third-order valence-corrected chi connectivity index (χ3v) is 14.2. The predicted molar refractivity (Wildman–Crippen MR) is 180 cm³/mol. The fraction of sp³-hybridized carbons (Fsp3) is 0.895. The van der Waals surface area contributed by atoms with Crippen molar-refractivity contribution in [1.29, 1.82) is 0 Å². The van der Waals surface area contributed by atoms with Crippen LogP contribution in [0.15, 0.2) is 0 Å². The van der Waals surface area contributed by atoms with Crippen molar-refractivity contribution in [2.75, 3.05) is 13.7 Å². The SMILES string of the molecule is COC(=O)[C@H](NCCC[C@](C)(OC(C)=O)C1CC[C@]2(C)[C@@H]1C(OC(C)=O)CC1[C@@]3(C)CC[C@H](OC(C)=O)C(C)(C)C3CC[C@]12C)[C@@H](C)O. The number of methoxy groups -OCH3 is 1. The Hall–Kier alpha value is -2.20. The molecule has 4 rings (SSSR count). The normalized spacial score (nSPS) is 39.3. The van der Waals surface area contributed by atoms with Gasteiger partial charge in [0.25, 0.3) is 0 Å². The van der Waals surface area contributed by atoms with Crippen LogP contribution >= 0.6 is 0 Å². The summed E-state index contributed by atoms with van der Waals surface area (Å²) in [5, 5.41) is 13.2. The zero-order chi connectivity index (χ0) is 36.0. The number of aliphatic hydroxyl groups excluding tert-OH is 1. The van der Waals surface area contributed by atoms with E-state index in [9.17, 15) is 24.3 Å². The smallest absolute Gasteiger partial charge is 0.325 e. The molecule has 0 aliphatic heterocycles. The Kier molecular flexibility index (Phi) is 11.1. The first kappa shape index (κ1) is 38.6. The van der Waals surface area contributed by atoms with Crippen LogP contribution in [0.4, 0.5) is 0 Å². The Labute approximate surface area is 288 Å². The standard InChI is InChI=1S/C38H63NO9/c1-22(40)32(33(44)45-11)39-20-12-16-38(10,48-25(4)43)26-13-18-37(9)31(26)27(46-23(2)41)21-29-35(7)17-15-30(47-24(3)42)34(5,6)28(35)14-19-36(29,37)8/h22,26-32,39-40H,12-21H2,1-11H3/t22-,26?,27?,28?,29?,30+,31+,32-,35+,36-,37-,38+/m1/s1. The summed E-state index contributed by atoms with van der Waals surface area (Å²) < 4.78 is 23.3. The van der Waals surface area contributed by atoms with Crippen LogP contribution in [0.5, 0.6) is 0 Å². The van der Waals surface area contributed by atoms with Gasteiger partial charge in [0.2, 0.25) is 0 Å². The van der Waals surface area contributed by atoms with Gasteiger partial charge in [0.05, 0.1) is 13.2 Å². The van der Waals surface area contributed by atoms with Gasteiger partial charge in [-0.2, -0.15) is 0 Å². The fourth-order valence-electron chi connectivity index (χ4n) is 12.0. The second-order valence-corrected chi connectivity index (χ2v) is 17.2. The number of carbonyl (C=O) groups excluding carboxylic acids is 4. The first-order valence-corrected chi connectivity index (χ1v) is 18.2. The van der Waals surface area contributed by atoms with E-state index in [0.717, 1.165) is 44.9 Å². The van der Waals surface area contributed by atoms with E-state index in [1.54, 1.807) is 6.92 Å². The summed E-state index contributed by atoms with van der Waals surface area (Å²) in [5.41, 5.74) is -1.25. The number of rotatable bonds is 11. The molecule has 4 aliphatic rings. The van der Waals surface area contributed by atoms with Gasteiger partial charge in [-0.05, 0) is 106 Å². The molecule has 4 fully saturated rings. The summed E-state index contributed by atoms with van der Waals surface area (Å²) in [5.74, 6) is -0.793. The lowest BCUT2D eigenvalue weighted by atomic mass is 9.35. The minimum absolute atomic E-state index is 0.00853. The molecule has 2 N–H and O–H groups in total. The molecular weight excluding hydrogens is 614 g/mol. The Morgan fingerprint density at radius 3 is 2.06 bits per heavy atom. The molecule has 12 atom stereocenters. The topological polar surface area (TPSA) is 137 Å². The highest BCUT2D eigenvalue weighted by atomic mass is 16.6. The minimum atomic E-state index is -0.924. The van der Waals surface area contributed by atoms with Gasteiger partial charge in [0, 0.05) is 38.0 Å². The van der Waals surface area contributed by atoms with Crippen molar-refractivity contribution in [2.24, 2.45) is 45.3 Å². The lowest BCUT2D eigenvalue weighted by Crippen LogP contribution is -2.67. The van der Waals surface area contributed by atoms with Crippen LogP contribution in [0.25, 0.3) is 0 Å². The van der Waals surface area contributed by atoms with Crippen molar-refractivity contribution < 1.29 is 43.2 Å². The highest BCUT2D eigenvalue weighted by molar-refractivity contribution is 5.76. The maximum Gasteiger partial charge on any atom is 0.325 e. The van der Waals surface area contributed by atoms with Crippen LogP contribution in [0.3, 0.4) is 0 Å². The molecule has 0 radical (unpaired) electrons. The van der Waals surface area contributed by atoms with Crippen LogP contribution < -0.4 is 5.32 Å². The van der Waals surface area contributed by atoms with Gasteiger partial charge in [-0.1, -0.05) is 34.6 Å². The zero-order valence-electron chi connectivity index (χ0n) is 31.4. The van der Waals surface area contributed by atoms with Crippen LogP contribution in [-0.2, 0) is 38.1 Å². The van der Waals surface area contributed by atoms with Crippen LogP contribution in [0, 0.1) is 45.3 Å². The van der Waals surface area contributed by atoms with Crippen molar-refractivity contribution in [1.82, 2.24) is 5.32 Å². The molecule has 4 unspecified atom stereocenters. The molecule has 0 aromatic rings.